The van der Waals surface area contributed by atoms with Gasteiger partial charge in [0.25, 0.3) is 11.8 Å². The molecule has 0 radical (unpaired) electrons. The zero-order valence-corrected chi connectivity index (χ0v) is 13.0. The molecule has 0 aliphatic carbocycles. The molecule has 0 spiro atoms. The molecule has 0 unspecified atom stereocenters. The van der Waals surface area contributed by atoms with Gasteiger partial charge in [0.1, 0.15) is 11.2 Å². The highest BCUT2D eigenvalue weighted by Gasteiger charge is 2.38. The minimum absolute atomic E-state index is 0.268. The number of amides is 2. The second kappa shape index (κ2) is 4.70. The molecule has 2 N–H and O–H groups in total. The first-order valence-corrected chi connectivity index (χ1v) is 7.84. The van der Waals surface area contributed by atoms with E-state index < -0.39 is 5.91 Å². The van der Waals surface area contributed by atoms with Crippen LogP contribution in [0.4, 0.5) is 11.4 Å². The molecular weight excluding hydrogens is 316 g/mol. The number of nitrogens with two attached hydrogens (primary N) is 1. The molecule has 0 atom stereocenters. The molecule has 0 saturated heterocycles. The number of hydrogen-bond acceptors (Lipinski definition) is 4. The predicted molar refractivity (Wildman–Crippen MR) is 95.7 cm³/mol. The second-order valence-electron chi connectivity index (χ2n) is 5.99. The van der Waals surface area contributed by atoms with Crippen molar-refractivity contribution in [3.63, 3.8) is 0 Å². The lowest BCUT2D eigenvalue weighted by atomic mass is 10.1. The van der Waals surface area contributed by atoms with Crippen LogP contribution in [-0.4, -0.2) is 11.8 Å². The van der Waals surface area contributed by atoms with Gasteiger partial charge in [-0.1, -0.05) is 24.3 Å². The quantitative estimate of drug-likeness (QED) is 0.424. The van der Waals surface area contributed by atoms with Crippen molar-refractivity contribution in [1.29, 1.82) is 0 Å². The molecule has 2 heterocycles. The van der Waals surface area contributed by atoms with Gasteiger partial charge in [0.2, 0.25) is 0 Å². The van der Waals surface area contributed by atoms with Crippen molar-refractivity contribution in [2.45, 2.75) is 0 Å². The first-order chi connectivity index (χ1) is 12.1. The summed E-state index contributed by atoms with van der Waals surface area (Å²) >= 11 is 0. The van der Waals surface area contributed by atoms with Crippen LogP contribution in [0.1, 0.15) is 20.7 Å². The molecule has 5 heteroatoms. The lowest BCUT2D eigenvalue weighted by molar-refractivity contribution is 0.0926. The number of nitrogens with zero attached hydrogens (tertiary/aromatic N) is 1. The largest absolute Gasteiger partial charge is 0.456 e. The van der Waals surface area contributed by atoms with Crippen molar-refractivity contribution in [3.05, 3.63) is 71.8 Å². The first-order valence-electron chi connectivity index (χ1n) is 7.84. The zero-order chi connectivity index (χ0) is 17.1. The van der Waals surface area contributed by atoms with Gasteiger partial charge in [-0.3, -0.25) is 9.59 Å². The Morgan fingerprint density at radius 1 is 0.800 bits per heavy atom. The van der Waals surface area contributed by atoms with Crippen LogP contribution in [0, 0.1) is 0 Å². The number of carbonyl (C=O) groups excluding carboxylic acids is 2. The average Bonchev–Trinajstić information content (AvgIpc) is 3.11. The molecule has 1 aliphatic heterocycles. The number of fused-ring (bicyclic) bond motifs is 4. The van der Waals surface area contributed by atoms with Crippen LogP contribution in [0.15, 0.2) is 65.1 Å². The normalized spacial score (nSPS) is 13.8. The van der Waals surface area contributed by atoms with E-state index in [2.05, 4.69) is 0 Å². The predicted octanol–water partition coefficient (Wildman–Crippen LogP) is 3.97. The maximum Gasteiger partial charge on any atom is 0.268 e. The Bertz CT molecular complexity index is 1210. The van der Waals surface area contributed by atoms with E-state index in [4.69, 9.17) is 10.2 Å². The average molecular weight is 328 g/mol. The van der Waals surface area contributed by atoms with Crippen LogP contribution in [0.2, 0.25) is 0 Å². The number of furan rings is 1. The Hall–Kier alpha value is -3.60. The highest BCUT2D eigenvalue weighted by atomic mass is 16.3. The molecule has 3 aromatic carbocycles. The molecule has 25 heavy (non-hydrogen) atoms. The van der Waals surface area contributed by atoms with Crippen LogP contribution in [0.3, 0.4) is 0 Å². The van der Waals surface area contributed by atoms with Crippen molar-refractivity contribution >= 4 is 45.1 Å². The van der Waals surface area contributed by atoms with Gasteiger partial charge in [0, 0.05) is 16.5 Å². The van der Waals surface area contributed by atoms with E-state index in [1.807, 2.05) is 24.3 Å². The van der Waals surface area contributed by atoms with Gasteiger partial charge in [-0.2, -0.15) is 0 Å². The highest BCUT2D eigenvalue weighted by Crippen LogP contribution is 2.35. The Morgan fingerprint density at radius 2 is 1.60 bits per heavy atom. The summed E-state index contributed by atoms with van der Waals surface area (Å²) in [5, 5.41) is 1.80. The van der Waals surface area contributed by atoms with Crippen LogP contribution in [0.25, 0.3) is 21.9 Å². The van der Waals surface area contributed by atoms with E-state index >= 15 is 0 Å². The maximum atomic E-state index is 12.8. The summed E-state index contributed by atoms with van der Waals surface area (Å²) in [4.78, 5) is 26.7. The number of hydrogen-bond donors (Lipinski definition) is 1. The lowest BCUT2D eigenvalue weighted by Gasteiger charge is -2.13. The van der Waals surface area contributed by atoms with E-state index in [9.17, 15) is 9.59 Å². The molecular formula is C20H12N2O3. The summed E-state index contributed by atoms with van der Waals surface area (Å²) in [6.45, 7) is 0. The summed E-state index contributed by atoms with van der Waals surface area (Å²) in [6.07, 6.45) is 0. The van der Waals surface area contributed by atoms with Gasteiger partial charge >= 0.3 is 0 Å². The fourth-order valence-corrected chi connectivity index (χ4v) is 3.40. The zero-order valence-electron chi connectivity index (χ0n) is 13.0. The topological polar surface area (TPSA) is 76.5 Å². The Morgan fingerprint density at radius 3 is 2.44 bits per heavy atom. The molecule has 4 aromatic rings. The number of carbonyl (C=O) groups is 2. The fraction of sp³-hybridized carbons (Fsp3) is 0. The maximum absolute atomic E-state index is 12.8. The van der Waals surface area contributed by atoms with Gasteiger partial charge in [-0.25, -0.2) is 4.90 Å². The summed E-state index contributed by atoms with van der Waals surface area (Å²) in [6, 6.07) is 17.9. The van der Waals surface area contributed by atoms with E-state index in [1.165, 1.54) is 4.90 Å². The van der Waals surface area contributed by atoms with Crippen LogP contribution < -0.4 is 10.6 Å². The first kappa shape index (κ1) is 13.8. The number of nitrogen functional groups attached to an aromatic ring is 1. The molecule has 5 nitrogen and oxygen atoms in total. The molecule has 1 aliphatic rings. The number of para-hydroxylation sites is 1. The third-order valence-corrected chi connectivity index (χ3v) is 4.57. The second-order valence-corrected chi connectivity index (χ2v) is 5.99. The van der Waals surface area contributed by atoms with Crippen LogP contribution in [0.5, 0.6) is 0 Å². The molecule has 0 bridgehead atoms. The lowest BCUT2D eigenvalue weighted by Crippen LogP contribution is -2.29. The van der Waals surface area contributed by atoms with Gasteiger partial charge in [0.15, 0.2) is 0 Å². The molecule has 1 aromatic heterocycles. The van der Waals surface area contributed by atoms with E-state index in [0.717, 1.165) is 16.4 Å². The van der Waals surface area contributed by atoms with Crippen molar-refractivity contribution in [1.82, 2.24) is 0 Å². The summed E-state index contributed by atoms with van der Waals surface area (Å²) < 4.78 is 5.80. The summed E-state index contributed by atoms with van der Waals surface area (Å²) in [7, 11) is 0. The third-order valence-electron chi connectivity index (χ3n) is 4.57. The monoisotopic (exact) mass is 328 g/mol. The number of imide groups is 1. The number of anilines is 2. The number of benzene rings is 3. The molecule has 2 amide bonds. The SMILES string of the molecule is Nc1cccc2c1C(=O)N(c1ccc3oc4ccccc4c3c1)C2=O. The van der Waals surface area contributed by atoms with Gasteiger partial charge in [0.05, 0.1) is 16.8 Å². The Balaban J connectivity index is 1.72. The fourth-order valence-electron chi connectivity index (χ4n) is 3.40. The Kier molecular flexibility index (Phi) is 2.60. The Labute approximate surface area is 142 Å². The van der Waals surface area contributed by atoms with Crippen LogP contribution >= 0.6 is 0 Å². The van der Waals surface area contributed by atoms with Crippen LogP contribution in [-0.2, 0) is 0 Å². The van der Waals surface area contributed by atoms with Crippen molar-refractivity contribution < 1.29 is 14.0 Å². The van der Waals surface area contributed by atoms with Crippen molar-refractivity contribution in [2.24, 2.45) is 0 Å². The smallest absolute Gasteiger partial charge is 0.268 e. The van der Waals surface area contributed by atoms with E-state index in [1.54, 1.807) is 36.4 Å². The summed E-state index contributed by atoms with van der Waals surface area (Å²) in [5.41, 5.74) is 8.79. The van der Waals surface area contributed by atoms with E-state index in [-0.39, 0.29) is 11.5 Å². The van der Waals surface area contributed by atoms with Crippen molar-refractivity contribution in [3.8, 4) is 0 Å². The van der Waals surface area contributed by atoms with Gasteiger partial charge in [-0.15, -0.1) is 0 Å². The molecule has 0 fully saturated rings. The minimum Gasteiger partial charge on any atom is -0.456 e. The number of rotatable bonds is 1. The standard InChI is InChI=1S/C20H12N2O3/c21-15-6-3-5-13-18(15)20(24)22(19(13)23)11-8-9-17-14(10-11)12-4-1-2-7-16(12)25-17/h1-10H,21H2. The molecule has 0 saturated carbocycles. The third kappa shape index (κ3) is 1.77. The molecule has 5 rings (SSSR count). The highest BCUT2D eigenvalue weighted by molar-refractivity contribution is 6.36. The minimum atomic E-state index is -0.398. The van der Waals surface area contributed by atoms with E-state index in [0.29, 0.717) is 22.5 Å². The molecule has 120 valence electrons. The van der Waals surface area contributed by atoms with Crippen molar-refractivity contribution in [2.75, 3.05) is 10.6 Å². The summed E-state index contributed by atoms with van der Waals surface area (Å²) in [5.74, 6) is -0.760. The van der Waals surface area contributed by atoms with Gasteiger partial charge in [-0.05, 0) is 36.4 Å². The van der Waals surface area contributed by atoms with Gasteiger partial charge < -0.3 is 10.2 Å².